The van der Waals surface area contributed by atoms with Crippen molar-refractivity contribution in [3.8, 4) is 0 Å². The van der Waals surface area contributed by atoms with Crippen molar-refractivity contribution < 1.29 is 0 Å². The van der Waals surface area contributed by atoms with E-state index >= 15 is 0 Å². The Hall–Kier alpha value is -1.68. The molecule has 100 valence electrons. The summed E-state index contributed by atoms with van der Waals surface area (Å²) >= 11 is 5.96. The zero-order valence-electron chi connectivity index (χ0n) is 11.4. The topological polar surface area (TPSA) is 41.9 Å². The molecule has 0 aliphatic carbocycles. The van der Waals surface area contributed by atoms with E-state index < -0.39 is 0 Å². The van der Waals surface area contributed by atoms with Crippen LogP contribution in [0, 0.1) is 13.8 Å². The molecule has 2 aromatic heterocycles. The van der Waals surface area contributed by atoms with Gasteiger partial charge in [0.25, 0.3) is 0 Å². The smallest absolute Gasteiger partial charge is 0.155 e. The van der Waals surface area contributed by atoms with Crippen LogP contribution in [0.3, 0.4) is 0 Å². The van der Waals surface area contributed by atoms with Gasteiger partial charge in [-0.25, -0.2) is 0 Å². The van der Waals surface area contributed by atoms with Gasteiger partial charge in [-0.2, -0.15) is 0 Å². The Morgan fingerprint density at radius 1 is 1.11 bits per heavy atom. The SMILES string of the molecule is Cc1c(Cl)nnc(N(C)CCc2ccncc2)c1C. The van der Waals surface area contributed by atoms with Crippen LogP contribution in [0.15, 0.2) is 24.5 Å². The molecule has 0 N–H and O–H groups in total. The normalized spacial score (nSPS) is 10.5. The highest BCUT2D eigenvalue weighted by atomic mass is 35.5. The summed E-state index contributed by atoms with van der Waals surface area (Å²) < 4.78 is 0. The van der Waals surface area contributed by atoms with Gasteiger partial charge in [-0.05, 0) is 49.1 Å². The number of aromatic nitrogens is 3. The van der Waals surface area contributed by atoms with Crippen LogP contribution in [0.5, 0.6) is 0 Å². The summed E-state index contributed by atoms with van der Waals surface area (Å²) in [7, 11) is 2.02. The number of anilines is 1. The summed E-state index contributed by atoms with van der Waals surface area (Å²) in [4.78, 5) is 6.12. The van der Waals surface area contributed by atoms with Crippen molar-refractivity contribution in [1.82, 2.24) is 15.2 Å². The second kappa shape index (κ2) is 5.97. The fourth-order valence-electron chi connectivity index (χ4n) is 1.88. The maximum Gasteiger partial charge on any atom is 0.155 e. The van der Waals surface area contributed by atoms with Gasteiger partial charge in [-0.15, -0.1) is 10.2 Å². The van der Waals surface area contributed by atoms with E-state index in [-0.39, 0.29) is 0 Å². The third-order valence-corrected chi connectivity index (χ3v) is 3.65. The summed E-state index contributed by atoms with van der Waals surface area (Å²) in [6.07, 6.45) is 4.57. The maximum atomic E-state index is 5.96. The standard InChI is InChI=1S/C14H17ClN4/c1-10-11(2)14(18-17-13(10)15)19(3)9-6-12-4-7-16-8-5-12/h4-5,7-8H,6,9H2,1-3H3. The minimum Gasteiger partial charge on any atom is -0.358 e. The molecule has 2 aromatic rings. The van der Waals surface area contributed by atoms with Crippen LogP contribution in [-0.2, 0) is 6.42 Å². The second-order valence-corrected chi connectivity index (χ2v) is 4.95. The molecule has 0 radical (unpaired) electrons. The van der Waals surface area contributed by atoms with E-state index in [4.69, 9.17) is 11.6 Å². The van der Waals surface area contributed by atoms with Gasteiger partial charge in [-0.1, -0.05) is 11.6 Å². The van der Waals surface area contributed by atoms with Gasteiger partial charge in [0.05, 0.1) is 0 Å². The van der Waals surface area contributed by atoms with E-state index in [1.165, 1.54) is 5.56 Å². The Bertz CT molecular complexity index is 557. The first-order valence-corrected chi connectivity index (χ1v) is 6.57. The maximum absolute atomic E-state index is 5.96. The van der Waals surface area contributed by atoms with Crippen LogP contribution < -0.4 is 4.90 Å². The van der Waals surface area contributed by atoms with Crippen molar-refractivity contribution in [3.63, 3.8) is 0 Å². The predicted octanol–water partition coefficient (Wildman–Crippen LogP) is 2.82. The summed E-state index contributed by atoms with van der Waals surface area (Å²) in [6, 6.07) is 4.05. The Balaban J connectivity index is 2.08. The number of nitrogens with zero attached hydrogens (tertiary/aromatic N) is 4. The molecule has 0 aliphatic heterocycles. The van der Waals surface area contributed by atoms with E-state index in [9.17, 15) is 0 Å². The summed E-state index contributed by atoms with van der Waals surface area (Å²) in [5.41, 5.74) is 3.33. The zero-order chi connectivity index (χ0) is 13.8. The minimum atomic E-state index is 0.476. The lowest BCUT2D eigenvalue weighted by atomic mass is 10.1. The largest absolute Gasteiger partial charge is 0.358 e. The first-order valence-electron chi connectivity index (χ1n) is 6.19. The van der Waals surface area contributed by atoms with E-state index in [0.717, 1.165) is 29.9 Å². The van der Waals surface area contributed by atoms with E-state index in [1.807, 2.05) is 45.4 Å². The average Bonchev–Trinajstić information content (AvgIpc) is 2.43. The highest BCUT2D eigenvalue weighted by Crippen LogP contribution is 2.22. The molecule has 0 bridgehead atoms. The number of rotatable bonds is 4. The van der Waals surface area contributed by atoms with Crippen molar-refractivity contribution in [2.24, 2.45) is 0 Å². The van der Waals surface area contributed by atoms with Gasteiger partial charge < -0.3 is 4.90 Å². The van der Waals surface area contributed by atoms with Gasteiger partial charge in [0.15, 0.2) is 11.0 Å². The van der Waals surface area contributed by atoms with E-state index in [0.29, 0.717) is 5.15 Å². The Morgan fingerprint density at radius 3 is 2.47 bits per heavy atom. The lowest BCUT2D eigenvalue weighted by molar-refractivity contribution is 0.829. The van der Waals surface area contributed by atoms with Crippen molar-refractivity contribution in [2.45, 2.75) is 20.3 Å². The molecule has 0 unspecified atom stereocenters. The van der Waals surface area contributed by atoms with Crippen LogP contribution in [0.1, 0.15) is 16.7 Å². The van der Waals surface area contributed by atoms with Crippen molar-refractivity contribution >= 4 is 17.4 Å². The molecule has 2 heterocycles. The fourth-order valence-corrected chi connectivity index (χ4v) is 2.06. The van der Waals surface area contributed by atoms with Gasteiger partial charge >= 0.3 is 0 Å². The van der Waals surface area contributed by atoms with E-state index in [1.54, 1.807) is 0 Å². The predicted molar refractivity (Wildman–Crippen MR) is 77.7 cm³/mol. The molecule has 0 saturated heterocycles. The van der Waals surface area contributed by atoms with Crippen LogP contribution in [0.25, 0.3) is 0 Å². The number of halogens is 1. The van der Waals surface area contributed by atoms with Gasteiger partial charge in [0.2, 0.25) is 0 Å². The molecule has 0 saturated carbocycles. The van der Waals surface area contributed by atoms with Crippen molar-refractivity contribution in [3.05, 3.63) is 46.4 Å². The highest BCUT2D eigenvalue weighted by Gasteiger charge is 2.11. The van der Waals surface area contributed by atoms with Gasteiger partial charge in [0, 0.05) is 26.0 Å². The fraction of sp³-hybridized carbons (Fsp3) is 0.357. The third-order valence-electron chi connectivity index (χ3n) is 3.29. The number of pyridine rings is 1. The Labute approximate surface area is 118 Å². The van der Waals surface area contributed by atoms with Crippen LogP contribution in [0.2, 0.25) is 5.15 Å². The molecular weight excluding hydrogens is 260 g/mol. The molecule has 4 nitrogen and oxygen atoms in total. The number of hydrogen-bond donors (Lipinski definition) is 0. The molecule has 0 aliphatic rings. The molecule has 5 heteroatoms. The molecule has 0 amide bonds. The van der Waals surface area contributed by atoms with Crippen LogP contribution in [-0.4, -0.2) is 28.8 Å². The summed E-state index contributed by atoms with van der Waals surface area (Å²) in [5, 5.41) is 8.64. The van der Waals surface area contributed by atoms with Crippen molar-refractivity contribution in [1.29, 1.82) is 0 Å². The van der Waals surface area contributed by atoms with Gasteiger partial charge in [0.1, 0.15) is 0 Å². The molecule has 0 atom stereocenters. The number of likely N-dealkylation sites (N-methyl/N-ethyl adjacent to an activating group) is 1. The molecule has 0 fully saturated rings. The number of hydrogen-bond acceptors (Lipinski definition) is 4. The van der Waals surface area contributed by atoms with Crippen LogP contribution in [0.4, 0.5) is 5.82 Å². The monoisotopic (exact) mass is 276 g/mol. The minimum absolute atomic E-state index is 0.476. The van der Waals surface area contributed by atoms with Gasteiger partial charge in [-0.3, -0.25) is 4.98 Å². The molecular formula is C14H17ClN4. The molecule has 19 heavy (non-hydrogen) atoms. The zero-order valence-corrected chi connectivity index (χ0v) is 12.1. The van der Waals surface area contributed by atoms with E-state index in [2.05, 4.69) is 20.1 Å². The van der Waals surface area contributed by atoms with Crippen LogP contribution >= 0.6 is 11.6 Å². The first kappa shape index (κ1) is 13.7. The second-order valence-electron chi connectivity index (χ2n) is 4.59. The summed E-state index contributed by atoms with van der Waals surface area (Å²) in [5.74, 6) is 0.885. The summed E-state index contributed by atoms with van der Waals surface area (Å²) in [6.45, 7) is 4.86. The quantitative estimate of drug-likeness (QED) is 0.861. The first-order chi connectivity index (χ1) is 9.09. The average molecular weight is 277 g/mol. The molecule has 0 aromatic carbocycles. The Kier molecular flexibility index (Phi) is 4.32. The lowest BCUT2D eigenvalue weighted by Gasteiger charge is -2.20. The third kappa shape index (κ3) is 3.20. The molecule has 0 spiro atoms. The van der Waals surface area contributed by atoms with Crippen molar-refractivity contribution in [2.75, 3.05) is 18.5 Å². The lowest BCUT2D eigenvalue weighted by Crippen LogP contribution is -2.23. The molecule has 2 rings (SSSR count). The Morgan fingerprint density at radius 2 is 1.79 bits per heavy atom. The highest BCUT2D eigenvalue weighted by molar-refractivity contribution is 6.30.